The van der Waals surface area contributed by atoms with Gasteiger partial charge in [-0.3, -0.25) is 4.79 Å². The molecule has 0 aliphatic carbocycles. The van der Waals surface area contributed by atoms with Crippen LogP contribution in [0.5, 0.6) is 0 Å². The minimum Gasteiger partial charge on any atom is -0.361 e. The zero-order valence-corrected chi connectivity index (χ0v) is 12.0. The van der Waals surface area contributed by atoms with Crippen molar-refractivity contribution in [2.75, 3.05) is 12.3 Å². The van der Waals surface area contributed by atoms with Crippen LogP contribution in [0.3, 0.4) is 0 Å². The van der Waals surface area contributed by atoms with Crippen LogP contribution in [0.15, 0.2) is 30.5 Å². The van der Waals surface area contributed by atoms with Crippen LogP contribution in [0.25, 0.3) is 10.9 Å². The molecule has 1 aromatic carbocycles. The fraction of sp³-hybridized carbons (Fsp3) is 0.400. The molecule has 2 heterocycles. The van der Waals surface area contributed by atoms with Gasteiger partial charge in [0.25, 0.3) is 5.91 Å². The molecule has 3 nitrogen and oxygen atoms in total. The van der Waals surface area contributed by atoms with Gasteiger partial charge >= 0.3 is 0 Å². The Bertz CT molecular complexity index is 607. The number of nitrogens with one attached hydrogen (secondary N) is 1. The third kappa shape index (κ3) is 2.25. The molecule has 0 radical (unpaired) electrons. The highest BCUT2D eigenvalue weighted by Gasteiger charge is 2.29. The van der Waals surface area contributed by atoms with Crippen LogP contribution in [0.4, 0.5) is 0 Å². The number of aromatic amines is 1. The first-order valence-corrected chi connectivity index (χ1v) is 7.71. The number of rotatable bonds is 1. The van der Waals surface area contributed by atoms with Gasteiger partial charge in [-0.25, -0.2) is 0 Å². The molecule has 0 bridgehead atoms. The summed E-state index contributed by atoms with van der Waals surface area (Å²) < 4.78 is 0. The summed E-state index contributed by atoms with van der Waals surface area (Å²) in [5.74, 6) is 1.18. The summed E-state index contributed by atoms with van der Waals surface area (Å²) in [5.41, 5.74) is 1.80. The SMILES string of the molecule is CC1SCCN(C(=O)c2ccc3cc[nH]c3c2)C1C. The number of hydrogen-bond donors (Lipinski definition) is 1. The van der Waals surface area contributed by atoms with Gasteiger partial charge in [-0.05, 0) is 30.5 Å². The summed E-state index contributed by atoms with van der Waals surface area (Å²) in [6, 6.07) is 8.21. The predicted octanol–water partition coefficient (Wildman–Crippen LogP) is 3.13. The van der Waals surface area contributed by atoms with E-state index in [1.54, 1.807) is 0 Å². The smallest absolute Gasteiger partial charge is 0.254 e. The molecule has 0 spiro atoms. The average molecular weight is 274 g/mol. The first-order valence-electron chi connectivity index (χ1n) is 6.66. The van der Waals surface area contributed by atoms with Crippen molar-refractivity contribution in [2.45, 2.75) is 25.1 Å². The van der Waals surface area contributed by atoms with E-state index in [0.717, 1.165) is 28.8 Å². The van der Waals surface area contributed by atoms with Gasteiger partial charge in [0.2, 0.25) is 0 Å². The summed E-state index contributed by atoms with van der Waals surface area (Å²) in [6.45, 7) is 5.18. The van der Waals surface area contributed by atoms with Crippen LogP contribution >= 0.6 is 11.8 Å². The molecule has 1 saturated heterocycles. The number of carbonyl (C=O) groups excluding carboxylic acids is 1. The van der Waals surface area contributed by atoms with Crippen molar-refractivity contribution < 1.29 is 4.79 Å². The van der Waals surface area contributed by atoms with Gasteiger partial charge in [0.15, 0.2) is 0 Å². The largest absolute Gasteiger partial charge is 0.361 e. The Hall–Kier alpha value is -1.42. The van der Waals surface area contributed by atoms with Gasteiger partial charge in [-0.1, -0.05) is 13.0 Å². The normalized spacial score (nSPS) is 23.8. The maximum absolute atomic E-state index is 12.6. The molecule has 1 aromatic heterocycles. The van der Waals surface area contributed by atoms with Gasteiger partial charge in [-0.2, -0.15) is 11.8 Å². The average Bonchev–Trinajstić information content (AvgIpc) is 2.88. The number of aromatic nitrogens is 1. The highest BCUT2D eigenvalue weighted by atomic mass is 32.2. The zero-order chi connectivity index (χ0) is 13.4. The van der Waals surface area contributed by atoms with E-state index in [-0.39, 0.29) is 5.91 Å². The van der Waals surface area contributed by atoms with Crippen molar-refractivity contribution in [1.82, 2.24) is 9.88 Å². The third-order valence-corrected chi connectivity index (χ3v) is 5.28. The van der Waals surface area contributed by atoms with Crippen molar-refractivity contribution in [3.05, 3.63) is 36.0 Å². The maximum Gasteiger partial charge on any atom is 0.254 e. The molecule has 2 aromatic rings. The fourth-order valence-corrected chi connectivity index (χ4v) is 3.67. The van der Waals surface area contributed by atoms with Crippen LogP contribution in [-0.4, -0.2) is 39.4 Å². The van der Waals surface area contributed by atoms with Gasteiger partial charge in [0, 0.05) is 40.9 Å². The number of amides is 1. The number of hydrogen-bond acceptors (Lipinski definition) is 2. The van der Waals surface area contributed by atoms with E-state index >= 15 is 0 Å². The topological polar surface area (TPSA) is 36.1 Å². The highest BCUT2D eigenvalue weighted by molar-refractivity contribution is 8.00. The van der Waals surface area contributed by atoms with Crippen molar-refractivity contribution in [3.63, 3.8) is 0 Å². The molecule has 1 aliphatic rings. The second-order valence-electron chi connectivity index (χ2n) is 5.09. The summed E-state index contributed by atoms with van der Waals surface area (Å²) in [7, 11) is 0. The van der Waals surface area contributed by atoms with Crippen LogP contribution in [-0.2, 0) is 0 Å². The second-order valence-corrected chi connectivity index (χ2v) is 6.58. The standard InChI is InChI=1S/C15H18N2OS/c1-10-11(2)19-8-7-17(10)15(18)13-4-3-12-5-6-16-14(12)9-13/h3-6,9-11,16H,7-8H2,1-2H3. The predicted molar refractivity (Wildman–Crippen MR) is 80.7 cm³/mol. The van der Waals surface area contributed by atoms with Gasteiger partial charge in [0.1, 0.15) is 0 Å². The first-order chi connectivity index (χ1) is 9.16. The van der Waals surface area contributed by atoms with Crippen molar-refractivity contribution in [1.29, 1.82) is 0 Å². The third-order valence-electron chi connectivity index (χ3n) is 3.95. The van der Waals surface area contributed by atoms with E-state index in [2.05, 4.69) is 18.8 Å². The minimum absolute atomic E-state index is 0.149. The molecule has 100 valence electrons. The number of thioether (sulfide) groups is 1. The zero-order valence-electron chi connectivity index (χ0n) is 11.2. The van der Waals surface area contributed by atoms with Crippen LogP contribution < -0.4 is 0 Å². The second kappa shape index (κ2) is 4.93. The lowest BCUT2D eigenvalue weighted by Gasteiger charge is -2.37. The van der Waals surface area contributed by atoms with E-state index in [1.807, 2.05) is 47.1 Å². The number of H-pyrrole nitrogens is 1. The molecule has 2 unspecified atom stereocenters. The summed E-state index contributed by atoms with van der Waals surface area (Å²) >= 11 is 1.95. The Kier molecular flexibility index (Phi) is 3.27. The van der Waals surface area contributed by atoms with Crippen molar-refractivity contribution in [3.8, 4) is 0 Å². The Morgan fingerprint density at radius 1 is 1.37 bits per heavy atom. The fourth-order valence-electron chi connectivity index (χ4n) is 2.57. The Balaban J connectivity index is 1.90. The summed E-state index contributed by atoms with van der Waals surface area (Å²) in [6.07, 6.45) is 1.90. The number of benzene rings is 1. The van der Waals surface area contributed by atoms with Crippen LogP contribution in [0.1, 0.15) is 24.2 Å². The van der Waals surface area contributed by atoms with E-state index in [0.29, 0.717) is 11.3 Å². The van der Waals surface area contributed by atoms with E-state index in [1.165, 1.54) is 0 Å². The van der Waals surface area contributed by atoms with E-state index in [9.17, 15) is 4.79 Å². The molecular weight excluding hydrogens is 256 g/mol. The highest BCUT2D eigenvalue weighted by Crippen LogP contribution is 2.26. The minimum atomic E-state index is 0.149. The maximum atomic E-state index is 12.6. The molecule has 1 fully saturated rings. The number of nitrogens with zero attached hydrogens (tertiary/aromatic N) is 1. The molecule has 4 heteroatoms. The summed E-state index contributed by atoms with van der Waals surface area (Å²) in [5, 5.41) is 1.65. The molecular formula is C15H18N2OS. The van der Waals surface area contributed by atoms with Crippen LogP contribution in [0.2, 0.25) is 0 Å². The van der Waals surface area contributed by atoms with Crippen molar-refractivity contribution in [2.24, 2.45) is 0 Å². The molecule has 3 rings (SSSR count). The van der Waals surface area contributed by atoms with E-state index < -0.39 is 0 Å². The molecule has 1 N–H and O–H groups in total. The van der Waals surface area contributed by atoms with Crippen molar-refractivity contribution >= 4 is 28.6 Å². The van der Waals surface area contributed by atoms with Crippen LogP contribution in [0, 0.1) is 0 Å². The number of carbonyl (C=O) groups is 1. The molecule has 0 saturated carbocycles. The Morgan fingerprint density at radius 3 is 3.05 bits per heavy atom. The quantitative estimate of drug-likeness (QED) is 0.867. The lowest BCUT2D eigenvalue weighted by Crippen LogP contribution is -2.47. The van der Waals surface area contributed by atoms with Gasteiger partial charge < -0.3 is 9.88 Å². The lowest BCUT2D eigenvalue weighted by atomic mass is 10.1. The summed E-state index contributed by atoms with van der Waals surface area (Å²) in [4.78, 5) is 17.8. The Labute approximate surface area is 117 Å². The van der Waals surface area contributed by atoms with E-state index in [4.69, 9.17) is 0 Å². The molecule has 19 heavy (non-hydrogen) atoms. The van der Waals surface area contributed by atoms with Gasteiger partial charge in [-0.15, -0.1) is 0 Å². The molecule has 1 amide bonds. The Morgan fingerprint density at radius 2 is 2.21 bits per heavy atom. The monoisotopic (exact) mass is 274 g/mol. The van der Waals surface area contributed by atoms with Gasteiger partial charge in [0.05, 0.1) is 0 Å². The molecule has 2 atom stereocenters. The number of fused-ring (bicyclic) bond motifs is 1. The first kappa shape index (κ1) is 12.6. The molecule has 1 aliphatic heterocycles. The lowest BCUT2D eigenvalue weighted by molar-refractivity contribution is 0.0698.